The molecule has 1 atom stereocenters. The average molecular weight is 426 g/mol. The third-order valence-electron chi connectivity index (χ3n) is 6.22. The molecule has 1 aliphatic rings. The summed E-state index contributed by atoms with van der Waals surface area (Å²) < 4.78 is 8.07. The molecule has 0 spiro atoms. The molecule has 5 nitrogen and oxygen atoms in total. The SMILES string of the molecule is CCOc1ccccc1N1C[C@H](c2nc3ccccc3n2Cc2ccccc2C)CC1=O. The summed E-state index contributed by atoms with van der Waals surface area (Å²) >= 11 is 0. The van der Waals surface area contributed by atoms with Gasteiger partial charge in [-0.05, 0) is 49.2 Å². The van der Waals surface area contributed by atoms with Crippen LogP contribution in [0.1, 0.15) is 36.2 Å². The summed E-state index contributed by atoms with van der Waals surface area (Å²) in [6.45, 7) is 6.00. The van der Waals surface area contributed by atoms with Crippen molar-refractivity contribution in [3.63, 3.8) is 0 Å². The number of carbonyl (C=O) groups excluding carboxylic acids is 1. The van der Waals surface area contributed by atoms with E-state index < -0.39 is 0 Å². The number of carbonyl (C=O) groups is 1. The molecule has 0 N–H and O–H groups in total. The van der Waals surface area contributed by atoms with E-state index in [1.54, 1.807) is 0 Å². The number of para-hydroxylation sites is 4. The van der Waals surface area contributed by atoms with Crippen molar-refractivity contribution in [2.75, 3.05) is 18.1 Å². The molecule has 0 unspecified atom stereocenters. The van der Waals surface area contributed by atoms with Gasteiger partial charge in [-0.15, -0.1) is 0 Å². The third kappa shape index (κ3) is 3.64. The second kappa shape index (κ2) is 8.50. The molecule has 1 amide bonds. The first kappa shape index (κ1) is 20.3. The standard InChI is InChI=1S/C27H27N3O2/c1-3-32-25-15-9-8-14-24(25)29-18-21(16-26(29)31)27-28-22-12-6-7-13-23(22)30(27)17-20-11-5-4-10-19(20)2/h4-15,21H,3,16-18H2,1-2H3/t21-/m1/s1. The molecular formula is C27H27N3O2. The van der Waals surface area contributed by atoms with Crippen molar-refractivity contribution < 1.29 is 9.53 Å². The Balaban J connectivity index is 1.53. The van der Waals surface area contributed by atoms with Crippen LogP contribution in [0, 0.1) is 6.92 Å². The van der Waals surface area contributed by atoms with Crippen LogP contribution in [0.25, 0.3) is 11.0 Å². The zero-order valence-electron chi connectivity index (χ0n) is 18.5. The van der Waals surface area contributed by atoms with Crippen LogP contribution in [0.2, 0.25) is 0 Å². The fourth-order valence-electron chi connectivity index (χ4n) is 4.60. The Kier molecular flexibility index (Phi) is 5.39. The number of rotatable bonds is 6. The van der Waals surface area contributed by atoms with Gasteiger partial charge in [0.1, 0.15) is 11.6 Å². The van der Waals surface area contributed by atoms with Crippen molar-refractivity contribution in [2.45, 2.75) is 32.7 Å². The number of aryl methyl sites for hydroxylation is 1. The van der Waals surface area contributed by atoms with Gasteiger partial charge in [-0.25, -0.2) is 4.98 Å². The van der Waals surface area contributed by atoms with Crippen LogP contribution in [0.4, 0.5) is 5.69 Å². The molecule has 2 heterocycles. The number of anilines is 1. The summed E-state index contributed by atoms with van der Waals surface area (Å²) in [7, 11) is 0. The minimum atomic E-state index is 0.0219. The molecule has 0 saturated carbocycles. The van der Waals surface area contributed by atoms with Crippen molar-refractivity contribution in [1.29, 1.82) is 0 Å². The van der Waals surface area contributed by atoms with Crippen LogP contribution in [-0.2, 0) is 11.3 Å². The fourth-order valence-corrected chi connectivity index (χ4v) is 4.60. The maximum Gasteiger partial charge on any atom is 0.227 e. The van der Waals surface area contributed by atoms with Gasteiger partial charge in [0.15, 0.2) is 0 Å². The quantitative estimate of drug-likeness (QED) is 0.420. The summed E-state index contributed by atoms with van der Waals surface area (Å²) in [6.07, 6.45) is 0.442. The first-order valence-electron chi connectivity index (χ1n) is 11.2. The van der Waals surface area contributed by atoms with Crippen LogP contribution >= 0.6 is 0 Å². The summed E-state index contributed by atoms with van der Waals surface area (Å²) in [4.78, 5) is 19.9. The molecule has 0 aliphatic carbocycles. The van der Waals surface area contributed by atoms with Gasteiger partial charge in [0, 0.05) is 25.4 Å². The first-order valence-corrected chi connectivity index (χ1v) is 11.2. The van der Waals surface area contributed by atoms with Gasteiger partial charge in [0.25, 0.3) is 0 Å². The van der Waals surface area contributed by atoms with Crippen LogP contribution in [-0.4, -0.2) is 28.6 Å². The van der Waals surface area contributed by atoms with Crippen molar-refractivity contribution >= 4 is 22.6 Å². The number of nitrogens with zero attached hydrogens (tertiary/aromatic N) is 3. The summed E-state index contributed by atoms with van der Waals surface area (Å²) in [5, 5.41) is 0. The van der Waals surface area contributed by atoms with Crippen molar-refractivity contribution in [3.05, 3.63) is 89.7 Å². The summed E-state index contributed by atoms with van der Waals surface area (Å²) in [5.74, 6) is 1.85. The minimum Gasteiger partial charge on any atom is -0.492 e. The summed E-state index contributed by atoms with van der Waals surface area (Å²) in [5.41, 5.74) is 5.43. The second-order valence-electron chi connectivity index (χ2n) is 8.28. The van der Waals surface area contributed by atoms with Gasteiger partial charge in [-0.1, -0.05) is 48.5 Å². The van der Waals surface area contributed by atoms with E-state index in [1.165, 1.54) is 11.1 Å². The maximum atomic E-state index is 13.1. The largest absolute Gasteiger partial charge is 0.492 e. The maximum absolute atomic E-state index is 13.1. The van der Waals surface area contributed by atoms with E-state index in [-0.39, 0.29) is 11.8 Å². The molecule has 1 aliphatic heterocycles. The Bertz CT molecular complexity index is 1280. The van der Waals surface area contributed by atoms with Gasteiger partial charge in [-0.3, -0.25) is 4.79 Å². The van der Waals surface area contributed by atoms with E-state index in [0.29, 0.717) is 19.6 Å². The monoisotopic (exact) mass is 425 g/mol. The van der Waals surface area contributed by atoms with E-state index in [4.69, 9.17) is 9.72 Å². The fraction of sp³-hybridized carbons (Fsp3) is 0.259. The molecule has 3 aromatic carbocycles. The molecule has 1 saturated heterocycles. The van der Waals surface area contributed by atoms with Gasteiger partial charge in [0.2, 0.25) is 5.91 Å². The average Bonchev–Trinajstić information content (AvgIpc) is 3.36. The van der Waals surface area contributed by atoms with Crippen LogP contribution < -0.4 is 9.64 Å². The van der Waals surface area contributed by atoms with Crippen LogP contribution in [0.5, 0.6) is 5.75 Å². The van der Waals surface area contributed by atoms with E-state index in [0.717, 1.165) is 34.8 Å². The van der Waals surface area contributed by atoms with Crippen LogP contribution in [0.15, 0.2) is 72.8 Å². The topological polar surface area (TPSA) is 47.4 Å². The number of hydrogen-bond donors (Lipinski definition) is 0. The lowest BCUT2D eigenvalue weighted by atomic mass is 10.1. The lowest BCUT2D eigenvalue weighted by Crippen LogP contribution is -2.25. The number of fused-ring (bicyclic) bond motifs is 1. The Morgan fingerprint density at radius 3 is 2.59 bits per heavy atom. The molecule has 0 bridgehead atoms. The Labute approximate surface area is 188 Å². The lowest BCUT2D eigenvalue weighted by Gasteiger charge is -2.20. The van der Waals surface area contributed by atoms with Crippen molar-refractivity contribution in [1.82, 2.24) is 9.55 Å². The first-order chi connectivity index (χ1) is 15.7. The van der Waals surface area contributed by atoms with Gasteiger partial charge in [0.05, 0.1) is 23.3 Å². The highest BCUT2D eigenvalue weighted by Gasteiger charge is 2.36. The van der Waals surface area contributed by atoms with E-state index >= 15 is 0 Å². The number of aromatic nitrogens is 2. The van der Waals surface area contributed by atoms with Crippen molar-refractivity contribution in [3.8, 4) is 5.75 Å². The Hall–Kier alpha value is -3.60. The Morgan fingerprint density at radius 1 is 1.00 bits per heavy atom. The van der Waals surface area contributed by atoms with Crippen LogP contribution in [0.3, 0.4) is 0 Å². The number of ether oxygens (including phenoxy) is 1. The number of hydrogen-bond acceptors (Lipinski definition) is 3. The lowest BCUT2D eigenvalue weighted by molar-refractivity contribution is -0.117. The third-order valence-corrected chi connectivity index (χ3v) is 6.22. The summed E-state index contributed by atoms with van der Waals surface area (Å²) in [6, 6.07) is 24.4. The molecular weight excluding hydrogens is 398 g/mol. The highest BCUT2D eigenvalue weighted by molar-refractivity contribution is 5.97. The molecule has 5 heteroatoms. The predicted molar refractivity (Wildman–Crippen MR) is 127 cm³/mol. The zero-order valence-corrected chi connectivity index (χ0v) is 18.5. The zero-order chi connectivity index (χ0) is 22.1. The number of imidazole rings is 1. The smallest absolute Gasteiger partial charge is 0.227 e. The highest BCUT2D eigenvalue weighted by atomic mass is 16.5. The molecule has 162 valence electrons. The molecule has 32 heavy (non-hydrogen) atoms. The van der Waals surface area contributed by atoms with Gasteiger partial charge < -0.3 is 14.2 Å². The second-order valence-corrected chi connectivity index (χ2v) is 8.28. The normalized spacial score (nSPS) is 16.1. The van der Waals surface area contributed by atoms with E-state index in [2.05, 4.69) is 41.8 Å². The molecule has 0 radical (unpaired) electrons. The van der Waals surface area contributed by atoms with Gasteiger partial charge in [-0.2, -0.15) is 0 Å². The molecule has 4 aromatic rings. The molecule has 1 fully saturated rings. The number of amides is 1. The molecule has 1 aromatic heterocycles. The van der Waals surface area contributed by atoms with Crippen molar-refractivity contribution in [2.24, 2.45) is 0 Å². The predicted octanol–water partition coefficient (Wildman–Crippen LogP) is 5.31. The Morgan fingerprint density at radius 2 is 1.75 bits per heavy atom. The highest BCUT2D eigenvalue weighted by Crippen LogP contribution is 2.37. The van der Waals surface area contributed by atoms with E-state index in [1.807, 2.05) is 54.3 Å². The van der Waals surface area contributed by atoms with Gasteiger partial charge >= 0.3 is 0 Å². The number of benzene rings is 3. The van der Waals surface area contributed by atoms with E-state index in [9.17, 15) is 4.79 Å². The molecule has 5 rings (SSSR count). The minimum absolute atomic E-state index is 0.0219.